The van der Waals surface area contributed by atoms with Crippen LogP contribution in [0.4, 0.5) is 5.69 Å². The molecule has 0 fully saturated rings. The van der Waals surface area contributed by atoms with Gasteiger partial charge in [0, 0.05) is 17.7 Å². The van der Waals surface area contributed by atoms with E-state index in [0.717, 1.165) is 0 Å². The topological polar surface area (TPSA) is 60.2 Å². The molecule has 0 aliphatic heterocycles. The standard InChI is InChI=1S/C8H6ClNO3.C2H6/c1-5-2-3-6(10(12)13)4-7(5)8(9)11;1-2/h2-4H,1H3;1-2H3. The third-order valence-electron chi connectivity index (χ3n) is 1.64. The van der Waals surface area contributed by atoms with Gasteiger partial charge in [0.15, 0.2) is 0 Å². The Kier molecular flexibility index (Phi) is 5.56. The molecule has 1 aromatic rings. The van der Waals surface area contributed by atoms with Gasteiger partial charge < -0.3 is 0 Å². The molecule has 0 saturated heterocycles. The number of aryl methyl sites for hydroxylation is 1. The van der Waals surface area contributed by atoms with E-state index >= 15 is 0 Å². The Bertz CT molecular complexity index is 377. The highest BCUT2D eigenvalue weighted by Gasteiger charge is 2.12. The van der Waals surface area contributed by atoms with Crippen LogP contribution in [-0.2, 0) is 0 Å². The number of nitrogens with zero attached hydrogens (tertiary/aromatic N) is 1. The van der Waals surface area contributed by atoms with Crippen LogP contribution in [0.25, 0.3) is 0 Å². The first kappa shape index (κ1) is 13.6. The summed E-state index contributed by atoms with van der Waals surface area (Å²) in [5.74, 6) is 0. The average molecular weight is 230 g/mol. The molecule has 0 atom stereocenters. The van der Waals surface area contributed by atoms with Crippen LogP contribution in [0.3, 0.4) is 0 Å². The minimum atomic E-state index is -0.679. The van der Waals surface area contributed by atoms with Crippen LogP contribution in [0.15, 0.2) is 18.2 Å². The Balaban J connectivity index is 0.000000921. The predicted molar refractivity (Wildman–Crippen MR) is 59.4 cm³/mol. The Morgan fingerprint density at radius 2 is 1.93 bits per heavy atom. The lowest BCUT2D eigenvalue weighted by Gasteiger charge is -1.98. The molecule has 0 saturated carbocycles. The Morgan fingerprint density at radius 3 is 2.33 bits per heavy atom. The first-order valence-corrected chi connectivity index (χ1v) is 4.85. The number of non-ortho nitro benzene ring substituents is 1. The fraction of sp³-hybridized carbons (Fsp3) is 0.300. The van der Waals surface area contributed by atoms with E-state index in [1.54, 1.807) is 6.92 Å². The second-order valence-electron chi connectivity index (χ2n) is 2.53. The van der Waals surface area contributed by atoms with Gasteiger partial charge in [0.1, 0.15) is 0 Å². The molecule has 0 amide bonds. The highest BCUT2D eigenvalue weighted by Crippen LogP contribution is 2.18. The molecular formula is C10H12ClNO3. The van der Waals surface area contributed by atoms with E-state index in [1.807, 2.05) is 13.8 Å². The number of carbonyl (C=O) groups excluding carboxylic acids is 1. The molecule has 0 aromatic heterocycles. The molecule has 5 heteroatoms. The summed E-state index contributed by atoms with van der Waals surface area (Å²) < 4.78 is 0. The monoisotopic (exact) mass is 229 g/mol. The minimum Gasteiger partial charge on any atom is -0.276 e. The van der Waals surface area contributed by atoms with Crippen molar-refractivity contribution in [2.45, 2.75) is 20.8 Å². The third kappa shape index (κ3) is 3.67. The first-order chi connectivity index (χ1) is 7.02. The fourth-order valence-corrected chi connectivity index (χ4v) is 1.14. The van der Waals surface area contributed by atoms with Gasteiger partial charge in [-0.15, -0.1) is 0 Å². The van der Waals surface area contributed by atoms with Gasteiger partial charge in [-0.3, -0.25) is 14.9 Å². The Labute approximate surface area is 93.0 Å². The lowest BCUT2D eigenvalue weighted by atomic mass is 10.1. The van der Waals surface area contributed by atoms with Crippen LogP contribution in [0, 0.1) is 17.0 Å². The van der Waals surface area contributed by atoms with Gasteiger partial charge in [0.05, 0.1) is 4.92 Å². The van der Waals surface area contributed by atoms with Crippen LogP contribution in [0.1, 0.15) is 29.8 Å². The van der Waals surface area contributed by atoms with Crippen molar-refractivity contribution in [3.8, 4) is 0 Å². The van der Waals surface area contributed by atoms with Crippen LogP contribution in [0.2, 0.25) is 0 Å². The van der Waals surface area contributed by atoms with Gasteiger partial charge in [-0.25, -0.2) is 0 Å². The highest BCUT2D eigenvalue weighted by molar-refractivity contribution is 6.67. The summed E-state index contributed by atoms with van der Waals surface area (Å²) in [6.07, 6.45) is 0. The molecule has 15 heavy (non-hydrogen) atoms. The van der Waals surface area contributed by atoms with Crippen molar-refractivity contribution in [2.24, 2.45) is 0 Å². The molecule has 0 aliphatic rings. The number of benzene rings is 1. The maximum atomic E-state index is 10.8. The molecule has 0 unspecified atom stereocenters. The number of nitro groups is 1. The minimum absolute atomic E-state index is 0.130. The van der Waals surface area contributed by atoms with Crippen molar-refractivity contribution in [2.75, 3.05) is 0 Å². The molecule has 0 aliphatic carbocycles. The second kappa shape index (κ2) is 6.14. The summed E-state index contributed by atoms with van der Waals surface area (Å²) in [6.45, 7) is 5.67. The lowest BCUT2D eigenvalue weighted by molar-refractivity contribution is -0.384. The average Bonchev–Trinajstić information content (AvgIpc) is 2.20. The number of nitro benzene ring substituents is 1. The van der Waals surface area contributed by atoms with Crippen LogP contribution < -0.4 is 0 Å². The van der Waals surface area contributed by atoms with Crippen molar-refractivity contribution < 1.29 is 9.72 Å². The highest BCUT2D eigenvalue weighted by atomic mass is 35.5. The maximum Gasteiger partial charge on any atom is 0.270 e. The first-order valence-electron chi connectivity index (χ1n) is 4.47. The van der Waals surface area contributed by atoms with Crippen LogP contribution in [-0.4, -0.2) is 10.2 Å². The normalized spacial score (nSPS) is 8.80. The number of halogens is 1. The number of hydrogen-bond acceptors (Lipinski definition) is 3. The number of rotatable bonds is 2. The zero-order chi connectivity index (χ0) is 12.0. The molecule has 0 spiro atoms. The van der Waals surface area contributed by atoms with Gasteiger partial charge in [0.25, 0.3) is 10.9 Å². The number of carbonyl (C=O) groups is 1. The molecule has 0 bridgehead atoms. The largest absolute Gasteiger partial charge is 0.276 e. The zero-order valence-electron chi connectivity index (χ0n) is 8.78. The predicted octanol–water partition coefficient (Wildman–Crippen LogP) is 3.31. The van der Waals surface area contributed by atoms with Gasteiger partial charge in [-0.2, -0.15) is 0 Å². The fourth-order valence-electron chi connectivity index (χ4n) is 0.935. The van der Waals surface area contributed by atoms with Gasteiger partial charge in [0.2, 0.25) is 0 Å². The number of hydrogen-bond donors (Lipinski definition) is 0. The van der Waals surface area contributed by atoms with Crippen molar-refractivity contribution in [3.05, 3.63) is 39.4 Å². The summed E-state index contributed by atoms with van der Waals surface area (Å²) >= 11 is 5.22. The van der Waals surface area contributed by atoms with E-state index in [9.17, 15) is 14.9 Å². The van der Waals surface area contributed by atoms with Crippen molar-refractivity contribution in [1.82, 2.24) is 0 Å². The summed E-state index contributed by atoms with van der Waals surface area (Å²) in [5, 5.41) is 9.66. The summed E-state index contributed by atoms with van der Waals surface area (Å²) in [6, 6.07) is 4.00. The Hall–Kier alpha value is -1.42. The van der Waals surface area contributed by atoms with Crippen LogP contribution in [0.5, 0.6) is 0 Å². The summed E-state index contributed by atoms with van der Waals surface area (Å²) in [7, 11) is 0. The molecule has 1 aromatic carbocycles. The summed E-state index contributed by atoms with van der Waals surface area (Å²) in [4.78, 5) is 20.6. The van der Waals surface area contributed by atoms with E-state index < -0.39 is 10.2 Å². The summed E-state index contributed by atoms with van der Waals surface area (Å²) in [5.41, 5.74) is 0.677. The van der Waals surface area contributed by atoms with E-state index in [2.05, 4.69) is 0 Å². The van der Waals surface area contributed by atoms with Gasteiger partial charge >= 0.3 is 0 Å². The molecule has 4 nitrogen and oxygen atoms in total. The molecular weight excluding hydrogens is 218 g/mol. The maximum absolute atomic E-state index is 10.8. The van der Waals surface area contributed by atoms with E-state index in [-0.39, 0.29) is 11.3 Å². The van der Waals surface area contributed by atoms with E-state index in [4.69, 9.17) is 11.6 Å². The quantitative estimate of drug-likeness (QED) is 0.444. The zero-order valence-corrected chi connectivity index (χ0v) is 9.54. The Morgan fingerprint density at radius 1 is 1.40 bits per heavy atom. The van der Waals surface area contributed by atoms with Crippen LogP contribution >= 0.6 is 11.6 Å². The van der Waals surface area contributed by atoms with E-state index in [1.165, 1.54) is 18.2 Å². The van der Waals surface area contributed by atoms with Crippen molar-refractivity contribution in [3.63, 3.8) is 0 Å². The van der Waals surface area contributed by atoms with Crippen molar-refractivity contribution >= 4 is 22.5 Å². The SMILES string of the molecule is CC.Cc1ccc([N+](=O)[O-])cc1C(=O)Cl. The van der Waals surface area contributed by atoms with Gasteiger partial charge in [-0.1, -0.05) is 19.9 Å². The molecule has 1 rings (SSSR count). The van der Waals surface area contributed by atoms with Gasteiger partial charge in [-0.05, 0) is 24.1 Å². The third-order valence-corrected chi connectivity index (χ3v) is 1.85. The van der Waals surface area contributed by atoms with Crippen molar-refractivity contribution in [1.29, 1.82) is 0 Å². The van der Waals surface area contributed by atoms with E-state index in [0.29, 0.717) is 5.56 Å². The smallest absolute Gasteiger partial charge is 0.270 e. The lowest BCUT2D eigenvalue weighted by Crippen LogP contribution is -1.96. The molecule has 0 N–H and O–H groups in total. The molecule has 82 valence electrons. The second-order valence-corrected chi connectivity index (χ2v) is 2.87. The molecule has 0 radical (unpaired) electrons. The molecule has 0 heterocycles.